The molecular weight excluding hydrogens is 248 g/mol. The lowest BCUT2D eigenvalue weighted by molar-refractivity contribution is 0.0232. The van der Waals surface area contributed by atoms with Gasteiger partial charge in [-0.2, -0.15) is 0 Å². The van der Waals surface area contributed by atoms with Crippen LogP contribution in [-0.4, -0.2) is 39.2 Å². The van der Waals surface area contributed by atoms with Crippen molar-refractivity contribution >= 4 is 6.16 Å². The number of aryl methyl sites for hydroxylation is 1. The van der Waals surface area contributed by atoms with Gasteiger partial charge in [0.15, 0.2) is 0 Å². The number of para-hydroxylation sites is 1. The molecule has 0 saturated carbocycles. The molecule has 106 valence electrons. The standard InChI is InChI=1S/C14H20O5/c1-3-16-8-9-17-10-11-18-14(15)19-13-7-5-4-6-12(13)2/h4-7H,3,8-11H2,1-2H3. The summed E-state index contributed by atoms with van der Waals surface area (Å²) >= 11 is 0. The number of carbonyl (C=O) groups is 1. The van der Waals surface area contributed by atoms with E-state index in [0.29, 0.717) is 32.2 Å². The lowest BCUT2D eigenvalue weighted by Gasteiger charge is -2.08. The van der Waals surface area contributed by atoms with E-state index in [1.54, 1.807) is 12.1 Å². The molecule has 0 radical (unpaired) electrons. The van der Waals surface area contributed by atoms with Gasteiger partial charge < -0.3 is 18.9 Å². The Hall–Kier alpha value is -1.59. The highest BCUT2D eigenvalue weighted by Crippen LogP contribution is 2.16. The normalized spacial score (nSPS) is 10.2. The van der Waals surface area contributed by atoms with E-state index in [1.807, 2.05) is 26.0 Å². The fourth-order valence-corrected chi connectivity index (χ4v) is 1.34. The second-order valence-electron chi connectivity index (χ2n) is 3.78. The molecule has 0 aliphatic heterocycles. The third-order valence-corrected chi connectivity index (χ3v) is 2.31. The highest BCUT2D eigenvalue weighted by Gasteiger charge is 2.07. The van der Waals surface area contributed by atoms with E-state index >= 15 is 0 Å². The summed E-state index contributed by atoms with van der Waals surface area (Å²) in [6.07, 6.45) is -0.720. The second kappa shape index (κ2) is 9.35. The summed E-state index contributed by atoms with van der Waals surface area (Å²) in [5.41, 5.74) is 0.882. The SMILES string of the molecule is CCOCCOCCOC(=O)Oc1ccccc1C. The topological polar surface area (TPSA) is 54.0 Å². The summed E-state index contributed by atoms with van der Waals surface area (Å²) in [5.74, 6) is 0.504. The summed E-state index contributed by atoms with van der Waals surface area (Å²) in [6, 6.07) is 7.25. The molecule has 19 heavy (non-hydrogen) atoms. The van der Waals surface area contributed by atoms with E-state index < -0.39 is 6.16 Å². The lowest BCUT2D eigenvalue weighted by atomic mass is 10.2. The average Bonchev–Trinajstić information content (AvgIpc) is 2.40. The minimum atomic E-state index is -0.720. The van der Waals surface area contributed by atoms with Crippen LogP contribution in [0.1, 0.15) is 12.5 Å². The largest absolute Gasteiger partial charge is 0.513 e. The van der Waals surface area contributed by atoms with Crippen molar-refractivity contribution in [3.63, 3.8) is 0 Å². The Morgan fingerprint density at radius 1 is 1.05 bits per heavy atom. The zero-order chi connectivity index (χ0) is 13.9. The predicted molar refractivity (Wildman–Crippen MR) is 70.5 cm³/mol. The summed E-state index contributed by atoms with van der Waals surface area (Å²) in [6.45, 7) is 5.98. The maximum Gasteiger partial charge on any atom is 0.513 e. The van der Waals surface area contributed by atoms with E-state index in [2.05, 4.69) is 0 Å². The molecule has 0 N–H and O–H groups in total. The van der Waals surface area contributed by atoms with Gasteiger partial charge in [-0.1, -0.05) is 18.2 Å². The fourth-order valence-electron chi connectivity index (χ4n) is 1.34. The number of rotatable bonds is 8. The minimum Gasteiger partial charge on any atom is -0.432 e. The van der Waals surface area contributed by atoms with Crippen LogP contribution in [0.3, 0.4) is 0 Å². The Kier molecular flexibility index (Phi) is 7.62. The molecule has 0 aliphatic rings. The molecule has 0 unspecified atom stereocenters. The monoisotopic (exact) mass is 268 g/mol. The van der Waals surface area contributed by atoms with Gasteiger partial charge in [0.25, 0.3) is 0 Å². The molecule has 0 spiro atoms. The first-order valence-corrected chi connectivity index (χ1v) is 6.29. The smallest absolute Gasteiger partial charge is 0.432 e. The zero-order valence-corrected chi connectivity index (χ0v) is 11.4. The minimum absolute atomic E-state index is 0.164. The van der Waals surface area contributed by atoms with Crippen LogP contribution >= 0.6 is 0 Å². The molecule has 0 aromatic heterocycles. The van der Waals surface area contributed by atoms with E-state index in [9.17, 15) is 4.79 Å². The van der Waals surface area contributed by atoms with E-state index in [0.717, 1.165) is 5.56 Å². The molecule has 0 aliphatic carbocycles. The van der Waals surface area contributed by atoms with Crippen molar-refractivity contribution < 1.29 is 23.7 Å². The Labute approximate surface area is 113 Å². The first kappa shape index (κ1) is 15.5. The number of hydrogen-bond acceptors (Lipinski definition) is 5. The Morgan fingerprint density at radius 2 is 1.74 bits per heavy atom. The highest BCUT2D eigenvalue weighted by atomic mass is 16.7. The number of benzene rings is 1. The molecule has 0 bridgehead atoms. The average molecular weight is 268 g/mol. The molecule has 0 atom stereocenters. The van der Waals surface area contributed by atoms with Gasteiger partial charge in [0.1, 0.15) is 12.4 Å². The molecule has 5 heteroatoms. The Balaban J connectivity index is 2.10. The van der Waals surface area contributed by atoms with Crippen molar-refractivity contribution in [2.75, 3.05) is 33.0 Å². The van der Waals surface area contributed by atoms with Crippen molar-refractivity contribution in [3.05, 3.63) is 29.8 Å². The fraction of sp³-hybridized carbons (Fsp3) is 0.500. The maximum atomic E-state index is 11.4. The Morgan fingerprint density at radius 3 is 2.47 bits per heavy atom. The Bertz CT molecular complexity index is 378. The third kappa shape index (κ3) is 6.79. The zero-order valence-electron chi connectivity index (χ0n) is 11.4. The van der Waals surface area contributed by atoms with Crippen LogP contribution < -0.4 is 4.74 Å². The van der Waals surface area contributed by atoms with E-state index in [4.69, 9.17) is 18.9 Å². The van der Waals surface area contributed by atoms with Gasteiger partial charge in [-0.25, -0.2) is 4.79 Å². The number of carbonyl (C=O) groups excluding carboxylic acids is 1. The molecule has 0 fully saturated rings. The van der Waals surface area contributed by atoms with Crippen LogP contribution in [0, 0.1) is 6.92 Å². The summed E-state index contributed by atoms with van der Waals surface area (Å²) in [4.78, 5) is 11.4. The summed E-state index contributed by atoms with van der Waals surface area (Å²) in [7, 11) is 0. The maximum absolute atomic E-state index is 11.4. The van der Waals surface area contributed by atoms with Crippen LogP contribution in [0.2, 0.25) is 0 Å². The number of hydrogen-bond donors (Lipinski definition) is 0. The van der Waals surface area contributed by atoms with Gasteiger partial charge in [-0.05, 0) is 25.5 Å². The van der Waals surface area contributed by atoms with Crippen molar-refractivity contribution in [1.82, 2.24) is 0 Å². The van der Waals surface area contributed by atoms with Gasteiger partial charge in [-0.15, -0.1) is 0 Å². The van der Waals surface area contributed by atoms with Crippen molar-refractivity contribution in [1.29, 1.82) is 0 Å². The molecule has 5 nitrogen and oxygen atoms in total. The van der Waals surface area contributed by atoms with Crippen LogP contribution in [0.4, 0.5) is 4.79 Å². The van der Waals surface area contributed by atoms with E-state index in [-0.39, 0.29) is 6.61 Å². The van der Waals surface area contributed by atoms with Crippen molar-refractivity contribution in [2.24, 2.45) is 0 Å². The molecule has 1 aromatic carbocycles. The first-order valence-electron chi connectivity index (χ1n) is 6.29. The number of ether oxygens (including phenoxy) is 4. The van der Waals surface area contributed by atoms with Gasteiger partial charge in [-0.3, -0.25) is 0 Å². The molecule has 0 heterocycles. The van der Waals surface area contributed by atoms with Gasteiger partial charge in [0.2, 0.25) is 0 Å². The van der Waals surface area contributed by atoms with Gasteiger partial charge in [0.05, 0.1) is 19.8 Å². The molecule has 0 saturated heterocycles. The van der Waals surface area contributed by atoms with Crippen molar-refractivity contribution in [2.45, 2.75) is 13.8 Å². The second-order valence-corrected chi connectivity index (χ2v) is 3.78. The van der Waals surface area contributed by atoms with E-state index in [1.165, 1.54) is 0 Å². The van der Waals surface area contributed by atoms with Crippen LogP contribution in [0.15, 0.2) is 24.3 Å². The van der Waals surface area contributed by atoms with Crippen LogP contribution in [0.5, 0.6) is 5.75 Å². The summed E-state index contributed by atoms with van der Waals surface area (Å²) < 4.78 is 20.2. The molecular formula is C14H20O5. The van der Waals surface area contributed by atoms with Crippen LogP contribution in [0.25, 0.3) is 0 Å². The highest BCUT2D eigenvalue weighted by molar-refractivity contribution is 5.64. The quantitative estimate of drug-likeness (QED) is 0.412. The first-order chi connectivity index (χ1) is 9.24. The predicted octanol–water partition coefficient (Wildman–Crippen LogP) is 2.56. The molecule has 0 amide bonds. The van der Waals surface area contributed by atoms with Gasteiger partial charge in [0, 0.05) is 6.61 Å². The van der Waals surface area contributed by atoms with Crippen LogP contribution in [-0.2, 0) is 14.2 Å². The van der Waals surface area contributed by atoms with Gasteiger partial charge >= 0.3 is 6.16 Å². The molecule has 1 aromatic rings. The lowest BCUT2D eigenvalue weighted by Crippen LogP contribution is -2.16. The molecule has 1 rings (SSSR count). The third-order valence-electron chi connectivity index (χ3n) is 2.31. The van der Waals surface area contributed by atoms with Crippen molar-refractivity contribution in [3.8, 4) is 5.75 Å². The summed E-state index contributed by atoms with van der Waals surface area (Å²) in [5, 5.41) is 0.